The second kappa shape index (κ2) is 11.3. The van der Waals surface area contributed by atoms with E-state index in [0.29, 0.717) is 22.9 Å². The Bertz CT molecular complexity index is 1400. The van der Waals surface area contributed by atoms with Crippen molar-refractivity contribution in [2.24, 2.45) is 5.10 Å². The summed E-state index contributed by atoms with van der Waals surface area (Å²) >= 11 is 6.09. The first kappa shape index (κ1) is 24.0. The molecule has 4 rings (SSSR count). The number of hydrogen-bond acceptors (Lipinski definition) is 5. The molecule has 0 bridgehead atoms. The Morgan fingerprint density at radius 3 is 2.54 bits per heavy atom. The van der Waals surface area contributed by atoms with Gasteiger partial charge in [0.25, 0.3) is 0 Å². The van der Waals surface area contributed by atoms with Crippen molar-refractivity contribution in [3.8, 4) is 11.5 Å². The van der Waals surface area contributed by atoms with Crippen LogP contribution in [-0.4, -0.2) is 24.7 Å². The van der Waals surface area contributed by atoms with Gasteiger partial charge in [-0.2, -0.15) is 5.10 Å². The lowest BCUT2D eigenvalue weighted by atomic mass is 10.0. The van der Waals surface area contributed by atoms with E-state index in [-0.39, 0.29) is 23.6 Å². The van der Waals surface area contributed by atoms with Gasteiger partial charge in [-0.05, 0) is 59.2 Å². The maximum absolute atomic E-state index is 12.5. The smallest absolute Gasteiger partial charge is 0.345 e. The van der Waals surface area contributed by atoms with Crippen LogP contribution in [0.25, 0.3) is 10.8 Å². The lowest BCUT2D eigenvalue weighted by Crippen LogP contribution is -2.19. The van der Waals surface area contributed by atoms with E-state index in [1.54, 1.807) is 42.5 Å². The highest BCUT2D eigenvalue weighted by Gasteiger charge is 2.15. The molecular formula is C28H23ClN2O4. The van der Waals surface area contributed by atoms with E-state index < -0.39 is 5.97 Å². The van der Waals surface area contributed by atoms with Gasteiger partial charge in [0.05, 0.1) is 29.8 Å². The van der Waals surface area contributed by atoms with Gasteiger partial charge in [0.1, 0.15) is 0 Å². The number of carbonyl (C=O) groups is 2. The number of carbonyl (C=O) groups excluding carboxylic acids is 2. The molecule has 0 atom stereocenters. The highest BCUT2D eigenvalue weighted by atomic mass is 35.5. The Balaban J connectivity index is 1.42. The molecule has 0 radical (unpaired) electrons. The minimum Gasteiger partial charge on any atom is -0.490 e. The molecular weight excluding hydrogens is 464 g/mol. The van der Waals surface area contributed by atoms with Crippen LogP contribution in [0.2, 0.25) is 5.02 Å². The molecule has 0 spiro atoms. The highest BCUT2D eigenvalue weighted by molar-refractivity contribution is 6.33. The van der Waals surface area contributed by atoms with Gasteiger partial charge in [-0.3, -0.25) is 4.79 Å². The molecule has 0 heterocycles. The van der Waals surface area contributed by atoms with Gasteiger partial charge in [0.2, 0.25) is 5.91 Å². The number of fused-ring (bicyclic) bond motifs is 1. The Labute approximate surface area is 208 Å². The Hall–Kier alpha value is -4.16. The van der Waals surface area contributed by atoms with Crippen LogP contribution in [0, 0.1) is 0 Å². The molecule has 0 aromatic heterocycles. The number of esters is 1. The minimum absolute atomic E-state index is 0.208. The summed E-state index contributed by atoms with van der Waals surface area (Å²) in [6, 6.07) is 25.5. The fraction of sp³-hybridized carbons (Fsp3) is 0.107. The quantitative estimate of drug-likeness (QED) is 0.148. The van der Waals surface area contributed by atoms with Crippen molar-refractivity contribution in [2.45, 2.75) is 13.3 Å². The van der Waals surface area contributed by atoms with Gasteiger partial charge in [0, 0.05) is 0 Å². The lowest BCUT2D eigenvalue weighted by molar-refractivity contribution is -0.120. The number of amides is 1. The molecule has 0 aliphatic heterocycles. The molecule has 1 N–H and O–H groups in total. The third kappa shape index (κ3) is 6.05. The van der Waals surface area contributed by atoms with Crippen LogP contribution < -0.4 is 14.9 Å². The predicted octanol–water partition coefficient (Wildman–Crippen LogP) is 5.80. The van der Waals surface area contributed by atoms with Crippen LogP contribution in [0.1, 0.15) is 28.4 Å². The van der Waals surface area contributed by atoms with E-state index >= 15 is 0 Å². The third-order valence-electron chi connectivity index (χ3n) is 5.20. The molecule has 0 aliphatic rings. The van der Waals surface area contributed by atoms with Crippen LogP contribution in [-0.2, 0) is 11.2 Å². The summed E-state index contributed by atoms with van der Waals surface area (Å²) < 4.78 is 11.1. The fourth-order valence-corrected chi connectivity index (χ4v) is 3.79. The molecule has 0 unspecified atom stereocenters. The minimum atomic E-state index is -0.585. The van der Waals surface area contributed by atoms with Crippen LogP contribution in [0.3, 0.4) is 0 Å². The van der Waals surface area contributed by atoms with E-state index in [2.05, 4.69) is 10.5 Å². The molecule has 6 nitrogen and oxygen atoms in total. The summed E-state index contributed by atoms with van der Waals surface area (Å²) in [5.41, 5.74) is 4.41. The summed E-state index contributed by atoms with van der Waals surface area (Å²) in [5, 5.41) is 6.49. The zero-order valence-corrected chi connectivity index (χ0v) is 19.8. The Morgan fingerprint density at radius 2 is 1.71 bits per heavy atom. The summed E-state index contributed by atoms with van der Waals surface area (Å²) in [4.78, 5) is 25.0. The van der Waals surface area contributed by atoms with Crippen molar-refractivity contribution in [3.05, 3.63) is 107 Å². The molecule has 7 heteroatoms. The van der Waals surface area contributed by atoms with Gasteiger partial charge in [-0.25, -0.2) is 10.2 Å². The summed E-state index contributed by atoms with van der Waals surface area (Å²) in [6.07, 6.45) is 1.71. The van der Waals surface area contributed by atoms with Gasteiger partial charge in [-0.1, -0.05) is 66.2 Å². The molecule has 176 valence electrons. The van der Waals surface area contributed by atoms with Crippen molar-refractivity contribution in [1.29, 1.82) is 0 Å². The molecule has 4 aromatic carbocycles. The molecule has 4 aromatic rings. The normalized spacial score (nSPS) is 10.9. The maximum atomic E-state index is 12.5. The zero-order chi connectivity index (χ0) is 24.6. The number of halogens is 1. The molecule has 0 fully saturated rings. The van der Waals surface area contributed by atoms with Crippen LogP contribution in [0.4, 0.5) is 0 Å². The summed E-state index contributed by atoms with van der Waals surface area (Å²) in [7, 11) is 0. The Morgan fingerprint density at radius 1 is 0.943 bits per heavy atom. The van der Waals surface area contributed by atoms with Crippen LogP contribution >= 0.6 is 11.6 Å². The zero-order valence-electron chi connectivity index (χ0n) is 19.0. The van der Waals surface area contributed by atoms with E-state index in [1.165, 1.54) is 6.21 Å². The average molecular weight is 487 g/mol. The Kier molecular flexibility index (Phi) is 7.75. The van der Waals surface area contributed by atoms with Gasteiger partial charge in [-0.15, -0.1) is 0 Å². The second-order valence-electron chi connectivity index (χ2n) is 7.62. The summed E-state index contributed by atoms with van der Waals surface area (Å²) in [5.74, 6) is -0.181. The first-order valence-corrected chi connectivity index (χ1v) is 11.4. The van der Waals surface area contributed by atoms with Crippen LogP contribution in [0.5, 0.6) is 11.5 Å². The monoisotopic (exact) mass is 486 g/mol. The third-order valence-corrected chi connectivity index (χ3v) is 5.53. The summed E-state index contributed by atoms with van der Waals surface area (Å²) in [6.45, 7) is 2.20. The topological polar surface area (TPSA) is 77.0 Å². The van der Waals surface area contributed by atoms with Crippen molar-refractivity contribution in [1.82, 2.24) is 5.43 Å². The number of hydrogen-bond donors (Lipinski definition) is 1. The molecule has 1 amide bonds. The highest BCUT2D eigenvalue weighted by Crippen LogP contribution is 2.29. The van der Waals surface area contributed by atoms with Gasteiger partial charge >= 0.3 is 5.97 Å². The van der Waals surface area contributed by atoms with E-state index in [4.69, 9.17) is 21.1 Å². The van der Waals surface area contributed by atoms with Crippen molar-refractivity contribution < 1.29 is 19.1 Å². The second-order valence-corrected chi connectivity index (χ2v) is 8.02. The molecule has 0 saturated heterocycles. The number of hydrazone groups is 1. The first-order chi connectivity index (χ1) is 17.0. The van der Waals surface area contributed by atoms with E-state index in [0.717, 1.165) is 16.3 Å². The number of nitrogens with zero attached hydrogens (tertiary/aromatic N) is 1. The van der Waals surface area contributed by atoms with Gasteiger partial charge < -0.3 is 9.47 Å². The van der Waals surface area contributed by atoms with E-state index in [9.17, 15) is 9.59 Å². The van der Waals surface area contributed by atoms with Crippen LogP contribution in [0.15, 0.2) is 90.0 Å². The maximum Gasteiger partial charge on any atom is 0.345 e. The number of ether oxygens (including phenoxy) is 2. The average Bonchev–Trinajstić information content (AvgIpc) is 2.86. The first-order valence-electron chi connectivity index (χ1n) is 11.1. The van der Waals surface area contributed by atoms with Crippen molar-refractivity contribution in [3.63, 3.8) is 0 Å². The number of nitrogens with one attached hydrogen (secondary N) is 1. The molecule has 0 aliphatic carbocycles. The van der Waals surface area contributed by atoms with Crippen molar-refractivity contribution >= 4 is 40.5 Å². The SMILES string of the molecule is CCOc1cc(/C=N/NC(=O)Cc2cccc3ccccc23)ccc1OC(=O)c1ccccc1Cl. The number of benzene rings is 4. The van der Waals surface area contributed by atoms with E-state index in [1.807, 2.05) is 49.4 Å². The van der Waals surface area contributed by atoms with Gasteiger partial charge in [0.15, 0.2) is 11.5 Å². The largest absolute Gasteiger partial charge is 0.490 e. The standard InChI is InChI=1S/C28H23ClN2O4/c1-2-34-26-16-19(14-15-25(26)35-28(33)23-12-5-6-13-24(23)29)18-30-31-27(32)17-21-10-7-9-20-8-3-4-11-22(20)21/h3-16,18H,2,17H2,1H3,(H,31,32)/b30-18+. The number of rotatable bonds is 8. The molecule has 35 heavy (non-hydrogen) atoms. The predicted molar refractivity (Wildman–Crippen MR) is 137 cm³/mol. The lowest BCUT2D eigenvalue weighted by Gasteiger charge is -2.12. The fourth-order valence-electron chi connectivity index (χ4n) is 3.58. The van der Waals surface area contributed by atoms with Crippen molar-refractivity contribution in [2.75, 3.05) is 6.61 Å². The molecule has 0 saturated carbocycles.